The average Bonchev–Trinajstić information content (AvgIpc) is 3.05. The molecule has 1 fully saturated rings. The number of piperidine rings is 1. The van der Waals surface area contributed by atoms with Gasteiger partial charge in [-0.05, 0) is 56.0 Å². The van der Waals surface area contributed by atoms with Crippen LogP contribution in [0.5, 0.6) is 0 Å². The van der Waals surface area contributed by atoms with Gasteiger partial charge in [-0.1, -0.05) is 19.9 Å². The minimum Gasteiger partial charge on any atom is -0.383 e. The summed E-state index contributed by atoms with van der Waals surface area (Å²) in [5.41, 5.74) is 2.13. The predicted octanol–water partition coefficient (Wildman–Crippen LogP) is 3.50. The number of aromatic amines is 1. The van der Waals surface area contributed by atoms with E-state index in [1.165, 1.54) is 0 Å². The van der Waals surface area contributed by atoms with Crippen molar-refractivity contribution in [2.45, 2.75) is 44.8 Å². The molecule has 4 rings (SSSR count). The lowest BCUT2D eigenvalue weighted by atomic mass is 9.82. The lowest BCUT2D eigenvalue weighted by molar-refractivity contribution is -0.0152. The summed E-state index contributed by atoms with van der Waals surface area (Å²) < 4.78 is 0. The van der Waals surface area contributed by atoms with Crippen molar-refractivity contribution >= 4 is 11.0 Å². The first-order chi connectivity index (χ1) is 12.5. The van der Waals surface area contributed by atoms with Crippen LogP contribution < -0.4 is 5.32 Å². The molecule has 0 radical (unpaired) electrons. The fourth-order valence-electron chi connectivity index (χ4n) is 3.91. The molecule has 2 atom stereocenters. The van der Waals surface area contributed by atoms with Crippen molar-refractivity contribution in [3.05, 3.63) is 42.2 Å². The molecular formula is C20H29N5O. The van der Waals surface area contributed by atoms with Crippen molar-refractivity contribution in [3.63, 3.8) is 0 Å². The summed E-state index contributed by atoms with van der Waals surface area (Å²) in [6.45, 7) is 5.23. The quantitative estimate of drug-likeness (QED) is 0.667. The number of nitrogens with one attached hydrogen (secondary N) is 2. The number of pyridine rings is 2. The van der Waals surface area contributed by atoms with Crippen molar-refractivity contribution < 1.29 is 7.96 Å². The molecule has 0 aromatic carbocycles. The van der Waals surface area contributed by atoms with E-state index < -0.39 is 5.60 Å². The Hall–Kier alpha value is -2.31. The van der Waals surface area contributed by atoms with E-state index in [0.29, 0.717) is 30.4 Å². The zero-order valence-electron chi connectivity index (χ0n) is 15.2. The van der Waals surface area contributed by atoms with E-state index in [0.717, 1.165) is 35.4 Å². The number of H-pyrrole nitrogens is 1. The number of rotatable bonds is 4. The highest BCUT2D eigenvalue weighted by Crippen LogP contribution is 2.34. The second kappa shape index (κ2) is 6.78. The lowest BCUT2D eigenvalue weighted by Gasteiger charge is -2.38. The van der Waals surface area contributed by atoms with E-state index in [4.69, 9.17) is 4.98 Å². The monoisotopic (exact) mass is 355 g/mol. The van der Waals surface area contributed by atoms with Crippen LogP contribution in [-0.2, 0) is 5.60 Å². The number of aliphatic hydroxyl groups is 1. The molecule has 0 saturated carbocycles. The first-order valence-electron chi connectivity index (χ1n) is 9.28. The van der Waals surface area contributed by atoms with E-state index >= 15 is 0 Å². The Balaban J connectivity index is 0.00000140. The van der Waals surface area contributed by atoms with Crippen molar-refractivity contribution in [2.75, 3.05) is 6.54 Å². The van der Waals surface area contributed by atoms with Crippen LogP contribution in [0.1, 0.15) is 41.7 Å². The van der Waals surface area contributed by atoms with Gasteiger partial charge in [-0.25, -0.2) is 9.97 Å². The van der Waals surface area contributed by atoms with E-state index in [2.05, 4.69) is 34.3 Å². The summed E-state index contributed by atoms with van der Waals surface area (Å²) in [5.74, 6) is 0.595. The maximum Gasteiger partial charge on any atom is 0.181 e. The molecule has 6 nitrogen and oxygen atoms in total. The predicted molar refractivity (Wildman–Crippen MR) is 106 cm³/mol. The Morgan fingerprint density at radius 2 is 2.19 bits per heavy atom. The topological polar surface area (TPSA) is 86.7 Å². The van der Waals surface area contributed by atoms with E-state index in [9.17, 15) is 5.11 Å². The van der Waals surface area contributed by atoms with Crippen molar-refractivity contribution in [1.82, 2.24) is 25.5 Å². The molecule has 1 aliphatic rings. The standard InChI is InChI=1S/C20H25N5O.2H2/c1-13(2)11-14-12-20(26,8-10-21-14)17-7-3-6-16(23-17)18-15-5-4-9-22-19(15)25-24-18;;/h3-7,9,13-14,21,26H,8,10-12H2,1-2H3,(H,22,24,25);2*1H/t14-,20?;;/m1../s1. The van der Waals surface area contributed by atoms with Gasteiger partial charge in [-0.3, -0.25) is 5.10 Å². The number of fused-ring (bicyclic) bond motifs is 1. The summed E-state index contributed by atoms with van der Waals surface area (Å²) in [6, 6.07) is 10.0. The lowest BCUT2D eigenvalue weighted by Crippen LogP contribution is -2.47. The summed E-state index contributed by atoms with van der Waals surface area (Å²) in [7, 11) is 0. The van der Waals surface area contributed by atoms with Crippen LogP contribution in [0.15, 0.2) is 36.5 Å². The van der Waals surface area contributed by atoms with Crippen molar-refractivity contribution in [2.24, 2.45) is 5.92 Å². The molecule has 1 saturated heterocycles. The SMILES string of the molecule is CC(C)C[C@@H]1CC(O)(c2cccc(-c3[nH]nc4ncccc34)n2)CCN1.[HH].[HH]. The normalized spacial score (nSPS) is 23.6. The van der Waals surface area contributed by atoms with Gasteiger partial charge in [-0.2, -0.15) is 5.10 Å². The molecular weight excluding hydrogens is 326 g/mol. The molecule has 4 heterocycles. The Morgan fingerprint density at radius 1 is 1.31 bits per heavy atom. The second-order valence-corrected chi connectivity index (χ2v) is 7.65. The Labute approximate surface area is 156 Å². The summed E-state index contributed by atoms with van der Waals surface area (Å²) >= 11 is 0. The van der Waals surface area contributed by atoms with Crippen LogP contribution >= 0.6 is 0 Å². The van der Waals surface area contributed by atoms with Gasteiger partial charge in [0.25, 0.3) is 0 Å². The smallest absolute Gasteiger partial charge is 0.181 e. The maximum absolute atomic E-state index is 11.3. The van der Waals surface area contributed by atoms with Crippen LogP contribution in [0.4, 0.5) is 0 Å². The molecule has 0 aliphatic carbocycles. The fraction of sp³-hybridized carbons (Fsp3) is 0.450. The van der Waals surface area contributed by atoms with Gasteiger partial charge in [0.05, 0.1) is 17.1 Å². The van der Waals surface area contributed by atoms with Gasteiger partial charge in [-0.15, -0.1) is 0 Å². The number of aromatic nitrogens is 4. The Kier molecular flexibility index (Phi) is 4.46. The molecule has 0 bridgehead atoms. The van der Waals surface area contributed by atoms with E-state index in [1.807, 2.05) is 30.3 Å². The minimum atomic E-state index is -0.894. The van der Waals surface area contributed by atoms with Gasteiger partial charge in [0.15, 0.2) is 5.65 Å². The molecule has 1 aliphatic heterocycles. The number of hydrogen-bond donors (Lipinski definition) is 3. The Bertz CT molecular complexity index is 916. The van der Waals surface area contributed by atoms with Crippen LogP contribution in [0.2, 0.25) is 0 Å². The highest BCUT2D eigenvalue weighted by molar-refractivity contribution is 5.89. The first kappa shape index (κ1) is 17.1. The third-order valence-electron chi connectivity index (χ3n) is 5.12. The number of nitrogens with zero attached hydrogens (tertiary/aromatic N) is 3. The molecule has 1 unspecified atom stereocenters. The molecule has 0 spiro atoms. The van der Waals surface area contributed by atoms with Crippen LogP contribution in [0, 0.1) is 5.92 Å². The second-order valence-electron chi connectivity index (χ2n) is 7.65. The van der Waals surface area contributed by atoms with Crippen LogP contribution in [0.25, 0.3) is 22.4 Å². The van der Waals surface area contributed by atoms with Crippen molar-refractivity contribution in [3.8, 4) is 11.4 Å². The van der Waals surface area contributed by atoms with Crippen molar-refractivity contribution in [1.29, 1.82) is 0 Å². The summed E-state index contributed by atoms with van der Waals surface area (Å²) in [5, 5.41) is 23.1. The van der Waals surface area contributed by atoms with Crippen LogP contribution in [-0.4, -0.2) is 37.9 Å². The first-order valence-corrected chi connectivity index (χ1v) is 9.28. The van der Waals surface area contributed by atoms with Gasteiger partial charge < -0.3 is 10.4 Å². The molecule has 6 heteroatoms. The van der Waals surface area contributed by atoms with Gasteiger partial charge >= 0.3 is 0 Å². The molecule has 26 heavy (non-hydrogen) atoms. The highest BCUT2D eigenvalue weighted by Gasteiger charge is 2.37. The van der Waals surface area contributed by atoms with Gasteiger partial charge in [0.2, 0.25) is 0 Å². The maximum atomic E-state index is 11.3. The summed E-state index contributed by atoms with van der Waals surface area (Å²) in [6.07, 6.45) is 4.14. The Morgan fingerprint density at radius 3 is 3.04 bits per heavy atom. The largest absolute Gasteiger partial charge is 0.383 e. The molecule has 3 aromatic rings. The van der Waals surface area contributed by atoms with E-state index in [1.54, 1.807) is 6.20 Å². The zero-order valence-corrected chi connectivity index (χ0v) is 15.2. The van der Waals surface area contributed by atoms with Crippen LogP contribution in [0.3, 0.4) is 0 Å². The highest BCUT2D eigenvalue weighted by atomic mass is 16.3. The molecule has 140 valence electrons. The van der Waals surface area contributed by atoms with Gasteiger partial charge in [0, 0.05) is 20.5 Å². The molecule has 3 aromatic heterocycles. The molecule has 0 amide bonds. The zero-order chi connectivity index (χ0) is 18.1. The average molecular weight is 355 g/mol. The third-order valence-corrected chi connectivity index (χ3v) is 5.12. The minimum absolute atomic E-state index is 0. The van der Waals surface area contributed by atoms with Gasteiger partial charge in [0.1, 0.15) is 5.60 Å². The fourth-order valence-corrected chi connectivity index (χ4v) is 3.91. The van der Waals surface area contributed by atoms with E-state index in [-0.39, 0.29) is 2.85 Å². The third kappa shape index (κ3) is 3.22. The molecule has 3 N–H and O–H groups in total. The number of hydrogen-bond acceptors (Lipinski definition) is 5. The summed E-state index contributed by atoms with van der Waals surface area (Å²) in [4.78, 5) is 9.06.